The van der Waals surface area contributed by atoms with Gasteiger partial charge in [-0.25, -0.2) is 9.80 Å². The summed E-state index contributed by atoms with van der Waals surface area (Å²) in [4.78, 5) is 39.5. The standard InChI is InChI=1S/C23H22ClN3O4/c1-14-7-8-17(13-18(14)24)27-21(28)10-9-19(25-27)23(30)31-15(2)22(29)26-12-11-16-5-3-4-6-20(16)26/h3-8,13,15H,9-12H2,1-2H3/t15-/m1/s1. The highest BCUT2D eigenvalue weighted by Crippen LogP contribution is 2.29. The van der Waals surface area contributed by atoms with Crippen LogP contribution < -0.4 is 9.91 Å². The Morgan fingerprint density at radius 3 is 2.68 bits per heavy atom. The number of hydrogen-bond acceptors (Lipinski definition) is 5. The highest BCUT2D eigenvalue weighted by molar-refractivity contribution is 6.38. The van der Waals surface area contributed by atoms with Crippen LogP contribution in [0.3, 0.4) is 0 Å². The number of benzene rings is 2. The minimum absolute atomic E-state index is 0.0952. The van der Waals surface area contributed by atoms with Gasteiger partial charge in [-0.1, -0.05) is 35.9 Å². The first-order valence-electron chi connectivity index (χ1n) is 10.1. The number of ether oxygens (including phenoxy) is 1. The molecule has 2 aromatic carbocycles. The molecule has 0 unspecified atom stereocenters. The lowest BCUT2D eigenvalue weighted by atomic mass is 10.1. The van der Waals surface area contributed by atoms with Crippen molar-refractivity contribution in [2.75, 3.05) is 16.5 Å². The number of rotatable bonds is 4. The van der Waals surface area contributed by atoms with E-state index in [4.69, 9.17) is 16.3 Å². The van der Waals surface area contributed by atoms with Crippen LogP contribution in [0.15, 0.2) is 47.6 Å². The highest BCUT2D eigenvalue weighted by atomic mass is 35.5. The maximum Gasteiger partial charge on any atom is 0.355 e. The van der Waals surface area contributed by atoms with Gasteiger partial charge in [-0.2, -0.15) is 5.10 Å². The van der Waals surface area contributed by atoms with Gasteiger partial charge in [0.15, 0.2) is 6.10 Å². The number of nitrogens with zero attached hydrogens (tertiary/aromatic N) is 3. The molecular formula is C23H22ClN3O4. The minimum Gasteiger partial charge on any atom is -0.448 e. The van der Waals surface area contributed by atoms with E-state index in [1.165, 1.54) is 0 Å². The first kappa shape index (κ1) is 21.1. The van der Waals surface area contributed by atoms with E-state index in [1.807, 2.05) is 31.2 Å². The van der Waals surface area contributed by atoms with Gasteiger partial charge < -0.3 is 9.64 Å². The maximum absolute atomic E-state index is 12.9. The summed E-state index contributed by atoms with van der Waals surface area (Å²) in [5.41, 5.74) is 3.38. The normalized spacial score (nSPS) is 16.6. The van der Waals surface area contributed by atoms with Crippen molar-refractivity contribution in [1.29, 1.82) is 0 Å². The van der Waals surface area contributed by atoms with Gasteiger partial charge in [-0.15, -0.1) is 0 Å². The average molecular weight is 440 g/mol. The summed E-state index contributed by atoms with van der Waals surface area (Å²) in [5.74, 6) is -1.23. The van der Waals surface area contributed by atoms with E-state index in [0.717, 1.165) is 28.2 Å². The van der Waals surface area contributed by atoms with Crippen molar-refractivity contribution >= 4 is 46.5 Å². The lowest BCUT2D eigenvalue weighted by Gasteiger charge is -2.25. The van der Waals surface area contributed by atoms with Crippen LogP contribution in [0.25, 0.3) is 0 Å². The second-order valence-electron chi connectivity index (χ2n) is 7.60. The van der Waals surface area contributed by atoms with Crippen LogP contribution in [-0.2, 0) is 25.5 Å². The predicted octanol–water partition coefficient (Wildman–Crippen LogP) is 3.65. The second-order valence-corrected chi connectivity index (χ2v) is 8.01. The SMILES string of the molecule is Cc1ccc(N2N=C(C(=O)O[C@H](C)C(=O)N3CCc4ccccc43)CCC2=O)cc1Cl. The molecule has 2 amide bonds. The van der Waals surface area contributed by atoms with Crippen molar-refractivity contribution in [2.24, 2.45) is 5.10 Å². The molecule has 2 heterocycles. The summed E-state index contributed by atoms with van der Waals surface area (Å²) in [5, 5.41) is 5.85. The zero-order chi connectivity index (χ0) is 22.1. The van der Waals surface area contributed by atoms with Gasteiger partial charge in [0.25, 0.3) is 5.91 Å². The number of esters is 1. The molecule has 0 spiro atoms. The predicted molar refractivity (Wildman–Crippen MR) is 118 cm³/mol. The summed E-state index contributed by atoms with van der Waals surface area (Å²) >= 11 is 6.16. The lowest BCUT2D eigenvalue weighted by Crippen LogP contribution is -2.41. The molecule has 2 aliphatic heterocycles. The Balaban J connectivity index is 1.48. The molecule has 8 heteroatoms. The number of carbonyl (C=O) groups is 3. The fourth-order valence-corrected chi connectivity index (χ4v) is 3.86. The fourth-order valence-electron chi connectivity index (χ4n) is 3.68. The van der Waals surface area contributed by atoms with Crippen LogP contribution in [-0.4, -0.2) is 36.1 Å². The van der Waals surface area contributed by atoms with Gasteiger partial charge in [0.2, 0.25) is 5.91 Å². The van der Waals surface area contributed by atoms with Gasteiger partial charge in [0.05, 0.1) is 5.69 Å². The third kappa shape index (κ3) is 4.18. The highest BCUT2D eigenvalue weighted by Gasteiger charge is 2.32. The quantitative estimate of drug-likeness (QED) is 0.681. The molecule has 7 nitrogen and oxygen atoms in total. The number of fused-ring (bicyclic) bond motifs is 1. The molecule has 1 atom stereocenters. The third-order valence-electron chi connectivity index (χ3n) is 5.45. The molecule has 0 saturated carbocycles. The van der Waals surface area contributed by atoms with Crippen molar-refractivity contribution in [3.8, 4) is 0 Å². The first-order chi connectivity index (χ1) is 14.8. The Labute approximate surface area is 185 Å². The van der Waals surface area contributed by atoms with Crippen LogP contribution in [0.1, 0.15) is 30.9 Å². The third-order valence-corrected chi connectivity index (χ3v) is 5.86. The first-order valence-corrected chi connectivity index (χ1v) is 10.5. The lowest BCUT2D eigenvalue weighted by molar-refractivity contribution is -0.147. The Morgan fingerprint density at radius 2 is 1.90 bits per heavy atom. The number of amides is 2. The van der Waals surface area contributed by atoms with E-state index in [9.17, 15) is 14.4 Å². The molecule has 2 aliphatic rings. The number of carbonyl (C=O) groups excluding carboxylic acids is 3. The van der Waals surface area contributed by atoms with Gasteiger partial charge in [0.1, 0.15) is 5.71 Å². The van der Waals surface area contributed by atoms with E-state index in [1.54, 1.807) is 30.0 Å². The molecule has 0 bridgehead atoms. The van der Waals surface area contributed by atoms with E-state index in [-0.39, 0.29) is 30.4 Å². The number of anilines is 2. The monoisotopic (exact) mass is 439 g/mol. The summed E-state index contributed by atoms with van der Waals surface area (Å²) < 4.78 is 5.42. The molecule has 31 heavy (non-hydrogen) atoms. The molecule has 160 valence electrons. The number of halogens is 1. The summed E-state index contributed by atoms with van der Waals surface area (Å²) in [6, 6.07) is 12.8. The second kappa shape index (κ2) is 8.51. The fraction of sp³-hybridized carbons (Fsp3) is 0.304. The van der Waals surface area contributed by atoms with E-state index < -0.39 is 12.1 Å². The Kier molecular flexibility index (Phi) is 5.78. The molecule has 0 fully saturated rings. The van der Waals surface area contributed by atoms with Gasteiger partial charge in [0, 0.05) is 30.1 Å². The van der Waals surface area contributed by atoms with Crippen LogP contribution in [0.5, 0.6) is 0 Å². The summed E-state index contributed by atoms with van der Waals surface area (Å²) in [6.07, 6.45) is 0.0646. The Morgan fingerprint density at radius 1 is 1.13 bits per heavy atom. The molecule has 4 rings (SSSR count). The number of aryl methyl sites for hydroxylation is 1. The molecule has 0 saturated heterocycles. The smallest absolute Gasteiger partial charge is 0.355 e. The average Bonchev–Trinajstić information content (AvgIpc) is 3.19. The maximum atomic E-state index is 12.9. The van der Waals surface area contributed by atoms with E-state index in [0.29, 0.717) is 17.3 Å². The molecule has 0 aromatic heterocycles. The number of hydrogen-bond donors (Lipinski definition) is 0. The number of hydrazone groups is 1. The van der Waals surface area contributed by atoms with E-state index >= 15 is 0 Å². The summed E-state index contributed by atoms with van der Waals surface area (Å²) in [7, 11) is 0. The Bertz CT molecular complexity index is 1100. The van der Waals surface area contributed by atoms with Crippen molar-refractivity contribution < 1.29 is 19.1 Å². The summed E-state index contributed by atoms with van der Waals surface area (Å²) in [6.45, 7) is 3.96. The Hall–Kier alpha value is -3.19. The molecule has 0 radical (unpaired) electrons. The van der Waals surface area contributed by atoms with Crippen LogP contribution in [0, 0.1) is 6.92 Å². The van der Waals surface area contributed by atoms with Crippen molar-refractivity contribution in [1.82, 2.24) is 0 Å². The van der Waals surface area contributed by atoms with Crippen molar-refractivity contribution in [3.63, 3.8) is 0 Å². The molecule has 2 aromatic rings. The minimum atomic E-state index is -0.971. The zero-order valence-corrected chi connectivity index (χ0v) is 18.1. The molecular weight excluding hydrogens is 418 g/mol. The van der Waals surface area contributed by atoms with Crippen molar-refractivity contribution in [2.45, 2.75) is 39.2 Å². The zero-order valence-electron chi connectivity index (χ0n) is 17.3. The molecule has 0 N–H and O–H groups in total. The van der Waals surface area contributed by atoms with Gasteiger partial charge in [-0.05, 0) is 49.6 Å². The topological polar surface area (TPSA) is 79.3 Å². The number of para-hydroxylation sites is 1. The van der Waals surface area contributed by atoms with Gasteiger partial charge in [-0.3, -0.25) is 9.59 Å². The van der Waals surface area contributed by atoms with Crippen molar-refractivity contribution in [3.05, 3.63) is 58.6 Å². The van der Waals surface area contributed by atoms with Gasteiger partial charge >= 0.3 is 5.97 Å². The van der Waals surface area contributed by atoms with E-state index in [2.05, 4.69) is 5.10 Å². The van der Waals surface area contributed by atoms with Crippen LogP contribution in [0.2, 0.25) is 5.02 Å². The largest absolute Gasteiger partial charge is 0.448 e. The van der Waals surface area contributed by atoms with Crippen LogP contribution in [0.4, 0.5) is 11.4 Å². The van der Waals surface area contributed by atoms with Crippen LogP contribution >= 0.6 is 11.6 Å². The molecule has 0 aliphatic carbocycles.